The number of hydrogen-bond acceptors (Lipinski definition) is 3. The zero-order valence-corrected chi connectivity index (χ0v) is 30.9. The fourth-order valence-electron chi connectivity index (χ4n) is 6.67. The van der Waals surface area contributed by atoms with E-state index in [0.29, 0.717) is 0 Å². The molecule has 254 valence electrons. The molecule has 0 atom stereocenters. The van der Waals surface area contributed by atoms with Gasteiger partial charge in [0.05, 0.1) is 0 Å². The van der Waals surface area contributed by atoms with E-state index in [1.807, 2.05) is 0 Å². The van der Waals surface area contributed by atoms with Gasteiger partial charge in [0.25, 0.3) is 0 Å². The van der Waals surface area contributed by atoms with Crippen molar-refractivity contribution in [3.05, 3.63) is 0 Å². The summed E-state index contributed by atoms with van der Waals surface area (Å²) >= 11 is 0. The van der Waals surface area contributed by atoms with Gasteiger partial charge in [0.2, 0.25) is 0 Å². The van der Waals surface area contributed by atoms with Crippen molar-refractivity contribution in [2.45, 2.75) is 219 Å². The molecular formula is C38H80O3Si. The summed E-state index contributed by atoms with van der Waals surface area (Å²) < 4.78 is 16.6. The van der Waals surface area contributed by atoms with Crippen molar-refractivity contribution in [2.24, 2.45) is 5.92 Å². The van der Waals surface area contributed by atoms with E-state index in [1.165, 1.54) is 193 Å². The highest BCUT2D eigenvalue weighted by Gasteiger charge is 2.36. The Morgan fingerprint density at radius 2 is 0.571 bits per heavy atom. The minimum absolute atomic E-state index is 0.940. The molecule has 0 aromatic heterocycles. The molecule has 0 unspecified atom stereocenters. The Labute approximate surface area is 267 Å². The topological polar surface area (TPSA) is 27.7 Å². The molecule has 0 fully saturated rings. The van der Waals surface area contributed by atoms with Gasteiger partial charge in [-0.1, -0.05) is 206 Å². The number of hydrogen-bond donors (Lipinski definition) is 0. The Kier molecular flexibility index (Phi) is 34.1. The molecule has 0 spiro atoms. The Morgan fingerprint density at radius 1 is 0.333 bits per heavy atom. The highest BCUT2D eigenvalue weighted by Crippen LogP contribution is 2.25. The van der Waals surface area contributed by atoms with Gasteiger partial charge >= 0.3 is 8.80 Å². The van der Waals surface area contributed by atoms with Crippen LogP contribution in [0.3, 0.4) is 0 Å². The largest absolute Gasteiger partial charge is 0.500 e. The quantitative estimate of drug-likeness (QED) is 0.0520. The average Bonchev–Trinajstić information content (AvgIpc) is 3.01. The van der Waals surface area contributed by atoms with Gasteiger partial charge in [-0.3, -0.25) is 0 Å². The Bertz CT molecular complexity index is 466. The molecule has 0 aliphatic carbocycles. The van der Waals surface area contributed by atoms with E-state index in [-0.39, 0.29) is 0 Å². The molecule has 3 nitrogen and oxygen atoms in total. The summed E-state index contributed by atoms with van der Waals surface area (Å²) in [4.78, 5) is 0. The summed E-state index contributed by atoms with van der Waals surface area (Å²) in [5.74, 6) is 1.01. The second-order valence-corrected chi connectivity index (χ2v) is 16.6. The van der Waals surface area contributed by atoms with Gasteiger partial charge in [-0.25, -0.2) is 0 Å². The number of rotatable bonds is 36. The van der Waals surface area contributed by atoms with Crippen LogP contribution in [-0.2, 0) is 13.3 Å². The van der Waals surface area contributed by atoms with E-state index in [2.05, 4.69) is 13.8 Å². The van der Waals surface area contributed by atoms with Gasteiger partial charge in [-0.2, -0.15) is 0 Å². The maximum Gasteiger partial charge on any atom is 0.500 e. The third-order valence-electron chi connectivity index (χ3n) is 9.71. The summed E-state index contributed by atoms with van der Waals surface area (Å²) in [6.07, 6.45) is 44.6. The monoisotopic (exact) mass is 613 g/mol. The van der Waals surface area contributed by atoms with E-state index in [0.717, 1.165) is 18.4 Å². The van der Waals surface area contributed by atoms with E-state index in [1.54, 1.807) is 21.3 Å². The SMILES string of the molecule is CCCCCCCCCCCC(CCCCCCCCCCC)CCCCCCCCCCCC[Si](OC)(OC)OC. The van der Waals surface area contributed by atoms with E-state index in [4.69, 9.17) is 13.3 Å². The van der Waals surface area contributed by atoms with Crippen molar-refractivity contribution < 1.29 is 13.3 Å². The van der Waals surface area contributed by atoms with Crippen LogP contribution in [0.4, 0.5) is 0 Å². The lowest BCUT2D eigenvalue weighted by molar-refractivity contribution is 0.122. The van der Waals surface area contributed by atoms with Crippen molar-refractivity contribution in [1.29, 1.82) is 0 Å². The first-order valence-electron chi connectivity index (χ1n) is 19.3. The van der Waals surface area contributed by atoms with Gasteiger partial charge in [-0.15, -0.1) is 0 Å². The molecule has 0 saturated heterocycles. The molecule has 0 aliphatic heterocycles. The highest BCUT2D eigenvalue weighted by atomic mass is 28.4. The average molecular weight is 613 g/mol. The minimum atomic E-state index is -2.36. The first-order valence-corrected chi connectivity index (χ1v) is 21.3. The molecule has 0 saturated carbocycles. The van der Waals surface area contributed by atoms with Gasteiger partial charge < -0.3 is 13.3 Å². The summed E-state index contributed by atoms with van der Waals surface area (Å²) in [7, 11) is 2.80. The van der Waals surface area contributed by atoms with Crippen molar-refractivity contribution in [1.82, 2.24) is 0 Å². The van der Waals surface area contributed by atoms with E-state index < -0.39 is 8.80 Å². The summed E-state index contributed by atoms with van der Waals surface area (Å²) in [6.45, 7) is 4.63. The predicted octanol–water partition coefficient (Wildman–Crippen LogP) is 13.6. The molecule has 0 N–H and O–H groups in total. The molecular weight excluding hydrogens is 533 g/mol. The van der Waals surface area contributed by atoms with E-state index >= 15 is 0 Å². The molecule has 0 aromatic rings. The van der Waals surface area contributed by atoms with Crippen LogP contribution in [0.2, 0.25) is 6.04 Å². The first kappa shape index (κ1) is 42.1. The summed E-state index contributed by atoms with van der Waals surface area (Å²) in [5, 5.41) is 0. The van der Waals surface area contributed by atoms with Crippen molar-refractivity contribution >= 4 is 8.80 Å². The zero-order valence-electron chi connectivity index (χ0n) is 29.9. The lowest BCUT2D eigenvalue weighted by Gasteiger charge is -2.24. The van der Waals surface area contributed by atoms with Crippen LogP contribution in [0.5, 0.6) is 0 Å². The van der Waals surface area contributed by atoms with Gasteiger partial charge in [0.1, 0.15) is 0 Å². The van der Waals surface area contributed by atoms with Crippen LogP contribution in [0.25, 0.3) is 0 Å². The third-order valence-corrected chi connectivity index (χ3v) is 12.5. The second kappa shape index (κ2) is 34.0. The normalized spacial score (nSPS) is 12.1. The minimum Gasteiger partial charge on any atom is -0.377 e. The molecule has 0 amide bonds. The van der Waals surface area contributed by atoms with Crippen LogP contribution >= 0.6 is 0 Å². The van der Waals surface area contributed by atoms with Crippen molar-refractivity contribution in [3.63, 3.8) is 0 Å². The molecule has 42 heavy (non-hydrogen) atoms. The standard InChI is InChI=1S/C38H80O3Si/c1-6-8-10-12-14-18-22-26-30-34-38(35-31-27-23-19-15-13-11-9-7-2)36-32-28-24-20-16-17-21-25-29-33-37-42(39-3,40-4)41-5/h38H,6-37H2,1-5H3. The van der Waals surface area contributed by atoms with Crippen LogP contribution in [0.15, 0.2) is 0 Å². The van der Waals surface area contributed by atoms with Gasteiger partial charge in [-0.05, 0) is 12.3 Å². The van der Waals surface area contributed by atoms with Crippen LogP contribution in [-0.4, -0.2) is 30.1 Å². The molecule has 0 rings (SSSR count). The molecule has 4 heteroatoms. The second-order valence-electron chi connectivity index (χ2n) is 13.5. The van der Waals surface area contributed by atoms with E-state index in [9.17, 15) is 0 Å². The van der Waals surface area contributed by atoms with Crippen LogP contribution < -0.4 is 0 Å². The van der Waals surface area contributed by atoms with Crippen LogP contribution in [0.1, 0.15) is 213 Å². The molecule has 0 bridgehead atoms. The highest BCUT2D eigenvalue weighted by molar-refractivity contribution is 6.60. The number of unbranched alkanes of at least 4 members (excludes halogenated alkanes) is 25. The predicted molar refractivity (Wildman–Crippen MR) is 190 cm³/mol. The maximum absolute atomic E-state index is 5.53. The smallest absolute Gasteiger partial charge is 0.377 e. The Balaban J connectivity index is 3.93. The molecule has 0 aromatic carbocycles. The summed E-state index contributed by atoms with van der Waals surface area (Å²) in [6, 6.07) is 0.940. The van der Waals surface area contributed by atoms with Crippen molar-refractivity contribution in [2.75, 3.05) is 21.3 Å². The Morgan fingerprint density at radius 3 is 0.833 bits per heavy atom. The fourth-order valence-corrected chi connectivity index (χ4v) is 8.46. The van der Waals surface area contributed by atoms with Crippen LogP contribution in [0, 0.1) is 5.92 Å². The lowest BCUT2D eigenvalue weighted by atomic mass is 9.89. The Hall–Kier alpha value is 0.0969. The van der Waals surface area contributed by atoms with Crippen molar-refractivity contribution in [3.8, 4) is 0 Å². The summed E-state index contributed by atoms with van der Waals surface area (Å²) in [5.41, 5.74) is 0. The lowest BCUT2D eigenvalue weighted by Crippen LogP contribution is -2.42. The maximum atomic E-state index is 5.53. The molecule has 0 heterocycles. The zero-order chi connectivity index (χ0) is 30.8. The fraction of sp³-hybridized carbons (Fsp3) is 1.00. The molecule has 0 aliphatic rings. The molecule has 0 radical (unpaired) electrons. The van der Waals surface area contributed by atoms with Gasteiger partial charge in [0, 0.05) is 27.4 Å². The third kappa shape index (κ3) is 27.6. The first-order chi connectivity index (χ1) is 20.7. The van der Waals surface area contributed by atoms with Gasteiger partial charge in [0.15, 0.2) is 0 Å².